The smallest absolute Gasteiger partial charge is 0.267 e. The topological polar surface area (TPSA) is 34.0 Å². The van der Waals surface area contributed by atoms with E-state index < -0.39 is 0 Å². The van der Waals surface area contributed by atoms with Gasteiger partial charge in [-0.15, -0.1) is 0 Å². The van der Waals surface area contributed by atoms with Crippen LogP contribution in [0.2, 0.25) is 0 Å². The van der Waals surface area contributed by atoms with E-state index in [2.05, 4.69) is 39.7 Å². The summed E-state index contributed by atoms with van der Waals surface area (Å²) in [4.78, 5) is 12.2. The molecule has 0 unspecified atom stereocenters. The van der Waals surface area contributed by atoms with E-state index >= 15 is 0 Å². The van der Waals surface area contributed by atoms with Crippen molar-refractivity contribution in [3.8, 4) is 0 Å². The molecule has 2 rings (SSSR count). The highest BCUT2D eigenvalue weighted by Crippen LogP contribution is 2.37. The number of amides is 1. The number of nitrogens with zero attached hydrogens (tertiary/aromatic N) is 1. The first-order chi connectivity index (χ1) is 10.1. The van der Waals surface area contributed by atoms with E-state index in [4.69, 9.17) is 0 Å². The summed E-state index contributed by atoms with van der Waals surface area (Å²) in [5.74, 6) is 0.869. The van der Waals surface area contributed by atoms with Crippen molar-refractivity contribution in [1.29, 1.82) is 0 Å². The lowest BCUT2D eigenvalue weighted by Gasteiger charge is -2.09. The van der Waals surface area contributed by atoms with Gasteiger partial charge in [0.15, 0.2) is 0 Å². The van der Waals surface area contributed by atoms with Crippen LogP contribution in [0.25, 0.3) is 0 Å². The molecule has 0 bridgehead atoms. The van der Waals surface area contributed by atoms with E-state index in [-0.39, 0.29) is 5.91 Å². The summed E-state index contributed by atoms with van der Waals surface area (Å²) >= 11 is 3.47. The third-order valence-corrected chi connectivity index (χ3v) is 4.42. The molecule has 0 atom stereocenters. The second-order valence-corrected chi connectivity index (χ2v) is 7.45. The summed E-state index contributed by atoms with van der Waals surface area (Å²) in [5, 5.41) is 3.05. The SMILES string of the molecule is CC(C)CCCCCCNC(=O)c1cc(Br)cn1C1CC1. The van der Waals surface area contributed by atoms with Gasteiger partial charge < -0.3 is 9.88 Å². The number of hydrogen-bond acceptors (Lipinski definition) is 1. The third-order valence-electron chi connectivity index (χ3n) is 3.98. The molecular formula is C17H27BrN2O. The van der Waals surface area contributed by atoms with Crippen LogP contribution in [0.1, 0.15) is 75.3 Å². The van der Waals surface area contributed by atoms with Gasteiger partial charge in [-0.2, -0.15) is 0 Å². The van der Waals surface area contributed by atoms with Crippen molar-refractivity contribution in [3.63, 3.8) is 0 Å². The molecule has 1 aliphatic carbocycles. The van der Waals surface area contributed by atoms with Crippen molar-refractivity contribution in [3.05, 3.63) is 22.4 Å². The number of carbonyl (C=O) groups is 1. The van der Waals surface area contributed by atoms with Crippen LogP contribution in [0.4, 0.5) is 0 Å². The first-order valence-electron chi connectivity index (χ1n) is 8.23. The third kappa shape index (κ3) is 5.50. The standard InChI is InChI=1S/C17H27BrN2O/c1-13(2)7-5-3-4-6-10-19-17(21)16-11-14(18)12-20(16)15-8-9-15/h11-13,15H,3-10H2,1-2H3,(H,19,21). The predicted molar refractivity (Wildman–Crippen MR) is 90.7 cm³/mol. The molecule has 1 fully saturated rings. The Bertz CT molecular complexity index is 463. The highest BCUT2D eigenvalue weighted by molar-refractivity contribution is 9.10. The number of hydrogen-bond donors (Lipinski definition) is 1. The second-order valence-electron chi connectivity index (χ2n) is 6.53. The minimum absolute atomic E-state index is 0.0646. The number of carbonyl (C=O) groups excluding carboxylic acids is 1. The van der Waals surface area contributed by atoms with Crippen LogP contribution in [0.3, 0.4) is 0 Å². The van der Waals surface area contributed by atoms with Gasteiger partial charge in [-0.05, 0) is 47.2 Å². The maximum absolute atomic E-state index is 12.2. The molecule has 1 aromatic heterocycles. The highest BCUT2D eigenvalue weighted by atomic mass is 79.9. The number of unbranched alkanes of at least 4 members (excludes halogenated alkanes) is 3. The van der Waals surface area contributed by atoms with Gasteiger partial charge >= 0.3 is 0 Å². The van der Waals surface area contributed by atoms with Crippen LogP contribution >= 0.6 is 15.9 Å². The Hall–Kier alpha value is -0.770. The summed E-state index contributed by atoms with van der Waals surface area (Å²) < 4.78 is 3.11. The molecule has 1 aromatic rings. The maximum Gasteiger partial charge on any atom is 0.267 e. The molecule has 0 aromatic carbocycles. The fraction of sp³-hybridized carbons (Fsp3) is 0.706. The zero-order valence-corrected chi connectivity index (χ0v) is 14.8. The van der Waals surface area contributed by atoms with E-state index in [1.807, 2.05) is 12.3 Å². The highest BCUT2D eigenvalue weighted by Gasteiger charge is 2.27. The van der Waals surface area contributed by atoms with E-state index in [0.717, 1.165) is 29.1 Å². The first kappa shape index (κ1) is 16.6. The Labute approximate surface area is 136 Å². The van der Waals surface area contributed by atoms with Crippen molar-refractivity contribution >= 4 is 21.8 Å². The summed E-state index contributed by atoms with van der Waals surface area (Å²) in [6.45, 7) is 5.33. The average molecular weight is 355 g/mol. The van der Waals surface area contributed by atoms with Crippen molar-refractivity contribution in [2.75, 3.05) is 6.54 Å². The molecule has 3 nitrogen and oxygen atoms in total. The van der Waals surface area contributed by atoms with E-state index in [0.29, 0.717) is 6.04 Å². The molecule has 1 heterocycles. The fourth-order valence-electron chi connectivity index (χ4n) is 2.61. The number of halogens is 1. The van der Waals surface area contributed by atoms with Crippen LogP contribution in [0.5, 0.6) is 0 Å². The maximum atomic E-state index is 12.2. The quantitative estimate of drug-likeness (QED) is 0.627. The molecule has 1 saturated carbocycles. The van der Waals surface area contributed by atoms with Crippen LogP contribution in [-0.4, -0.2) is 17.0 Å². The summed E-state index contributed by atoms with van der Waals surface area (Å²) in [6.07, 6.45) is 10.6. The van der Waals surface area contributed by atoms with Crippen molar-refractivity contribution < 1.29 is 4.79 Å². The Kier molecular flexibility index (Phi) is 6.34. The molecule has 0 spiro atoms. The first-order valence-corrected chi connectivity index (χ1v) is 9.03. The lowest BCUT2D eigenvalue weighted by molar-refractivity contribution is 0.0943. The monoisotopic (exact) mass is 354 g/mol. The van der Waals surface area contributed by atoms with Crippen LogP contribution in [-0.2, 0) is 0 Å². The van der Waals surface area contributed by atoms with Gasteiger partial charge in [-0.3, -0.25) is 4.79 Å². The lowest BCUT2D eigenvalue weighted by Crippen LogP contribution is -2.26. The minimum atomic E-state index is 0.0646. The average Bonchev–Trinajstić information content (AvgIpc) is 3.20. The molecule has 118 valence electrons. The van der Waals surface area contributed by atoms with Crippen LogP contribution in [0, 0.1) is 5.92 Å². The van der Waals surface area contributed by atoms with Gasteiger partial charge in [-0.1, -0.05) is 39.5 Å². The molecule has 4 heteroatoms. The number of rotatable bonds is 9. The largest absolute Gasteiger partial charge is 0.351 e. The van der Waals surface area contributed by atoms with Crippen LogP contribution in [0.15, 0.2) is 16.7 Å². The van der Waals surface area contributed by atoms with Gasteiger partial charge in [-0.25, -0.2) is 0 Å². The number of aromatic nitrogens is 1. The van der Waals surface area contributed by atoms with E-state index in [9.17, 15) is 4.79 Å². The van der Waals surface area contributed by atoms with Gasteiger partial charge in [0.1, 0.15) is 5.69 Å². The Morgan fingerprint density at radius 2 is 2.05 bits per heavy atom. The summed E-state index contributed by atoms with van der Waals surface area (Å²) in [6, 6.07) is 2.46. The zero-order chi connectivity index (χ0) is 15.2. The molecule has 21 heavy (non-hydrogen) atoms. The summed E-state index contributed by atoms with van der Waals surface area (Å²) in [5.41, 5.74) is 0.796. The van der Waals surface area contributed by atoms with Gasteiger partial charge in [0.05, 0.1) is 0 Å². The molecule has 0 saturated heterocycles. The Balaban J connectivity index is 1.66. The van der Waals surface area contributed by atoms with Gasteiger partial charge in [0.25, 0.3) is 5.91 Å². The lowest BCUT2D eigenvalue weighted by atomic mass is 10.0. The normalized spacial score (nSPS) is 14.7. The van der Waals surface area contributed by atoms with Gasteiger partial charge in [0, 0.05) is 23.3 Å². The number of nitrogens with one attached hydrogen (secondary N) is 1. The molecule has 0 radical (unpaired) electrons. The second kappa shape index (κ2) is 8.02. The zero-order valence-electron chi connectivity index (χ0n) is 13.2. The summed E-state index contributed by atoms with van der Waals surface area (Å²) in [7, 11) is 0. The van der Waals surface area contributed by atoms with Crippen molar-refractivity contribution in [1.82, 2.24) is 9.88 Å². The molecular weight excluding hydrogens is 328 g/mol. The minimum Gasteiger partial charge on any atom is -0.351 e. The fourth-order valence-corrected chi connectivity index (χ4v) is 3.04. The Morgan fingerprint density at radius 1 is 1.33 bits per heavy atom. The van der Waals surface area contributed by atoms with Crippen LogP contribution < -0.4 is 5.32 Å². The van der Waals surface area contributed by atoms with Gasteiger partial charge in [0.2, 0.25) is 0 Å². The predicted octanol–water partition coefficient (Wildman–Crippen LogP) is 4.92. The van der Waals surface area contributed by atoms with Crippen molar-refractivity contribution in [2.45, 2.75) is 64.8 Å². The molecule has 1 amide bonds. The molecule has 1 aliphatic rings. The van der Waals surface area contributed by atoms with Crippen molar-refractivity contribution in [2.24, 2.45) is 5.92 Å². The van der Waals surface area contributed by atoms with E-state index in [1.54, 1.807) is 0 Å². The molecule has 0 aliphatic heterocycles. The Morgan fingerprint density at radius 3 is 2.71 bits per heavy atom. The molecule has 1 N–H and O–H groups in total. The van der Waals surface area contributed by atoms with E-state index in [1.165, 1.54) is 38.5 Å².